The number of nitrogens with zero attached hydrogens (tertiary/aromatic N) is 3. The van der Waals surface area contributed by atoms with E-state index in [1.54, 1.807) is 25.1 Å². The second kappa shape index (κ2) is 9.68. The lowest BCUT2D eigenvalue weighted by atomic mass is 10.1. The summed E-state index contributed by atoms with van der Waals surface area (Å²) in [4.78, 5) is 47.3. The number of amides is 1. The van der Waals surface area contributed by atoms with E-state index in [1.165, 1.54) is 33.6 Å². The van der Waals surface area contributed by atoms with Crippen LogP contribution in [-0.2, 0) is 16.1 Å². The summed E-state index contributed by atoms with van der Waals surface area (Å²) in [5.74, 6) is -0.815. The normalized spacial score (nSPS) is 11.1. The van der Waals surface area contributed by atoms with Crippen molar-refractivity contribution in [1.29, 1.82) is 0 Å². The Balaban J connectivity index is 1.38. The van der Waals surface area contributed by atoms with E-state index < -0.39 is 11.9 Å². The Morgan fingerprint density at radius 1 is 1.17 bits per heavy atom. The first-order chi connectivity index (χ1) is 16.9. The maximum Gasteiger partial charge on any atom is 0.338 e. The van der Waals surface area contributed by atoms with Gasteiger partial charge >= 0.3 is 5.97 Å². The zero-order valence-electron chi connectivity index (χ0n) is 18.3. The van der Waals surface area contributed by atoms with Crippen LogP contribution in [0.1, 0.15) is 17.3 Å². The highest BCUT2D eigenvalue weighted by Crippen LogP contribution is 2.31. The van der Waals surface area contributed by atoms with Gasteiger partial charge in [0.1, 0.15) is 11.4 Å². The predicted octanol–water partition coefficient (Wildman–Crippen LogP) is 5.31. The number of hydrogen-bond donors (Lipinski definition) is 1. The molecule has 11 heteroatoms. The van der Waals surface area contributed by atoms with Gasteiger partial charge in [0.25, 0.3) is 5.56 Å². The van der Waals surface area contributed by atoms with E-state index >= 15 is 0 Å². The molecule has 0 bridgehead atoms. The Morgan fingerprint density at radius 3 is 2.74 bits per heavy atom. The van der Waals surface area contributed by atoms with Gasteiger partial charge < -0.3 is 10.1 Å². The average Bonchev–Trinajstić information content (AvgIpc) is 3.45. The van der Waals surface area contributed by atoms with Crippen molar-refractivity contribution >= 4 is 76.0 Å². The minimum absolute atomic E-state index is 0.207. The smallest absolute Gasteiger partial charge is 0.338 e. The maximum absolute atomic E-state index is 13.2. The van der Waals surface area contributed by atoms with Gasteiger partial charge in [0, 0.05) is 15.4 Å². The van der Waals surface area contributed by atoms with Crippen LogP contribution in [0.5, 0.6) is 0 Å². The minimum Gasteiger partial charge on any atom is -0.462 e. The van der Waals surface area contributed by atoms with Gasteiger partial charge in [-0.2, -0.15) is 0 Å². The molecule has 0 saturated heterocycles. The fourth-order valence-electron chi connectivity index (χ4n) is 3.56. The van der Waals surface area contributed by atoms with Crippen molar-refractivity contribution in [1.82, 2.24) is 14.5 Å². The summed E-state index contributed by atoms with van der Waals surface area (Å²) in [6.07, 6.45) is 1.38. The van der Waals surface area contributed by atoms with Crippen LogP contribution in [0.25, 0.3) is 31.6 Å². The number of fused-ring (bicyclic) bond motifs is 2. The zero-order chi connectivity index (χ0) is 24.5. The standard InChI is InChI=1S/C24H17BrN4O4S2/c1-2-33-23(32)14-5-8-17-18(9-14)35-24(27-17)28-19(30)10-29-12-26-21-20(22(29)31)16(11-34-21)13-3-6-15(25)7-4-13/h3-9,11-12H,2,10H2,1H3,(H,27,28,30). The molecule has 0 saturated carbocycles. The number of halogens is 1. The molecule has 176 valence electrons. The molecular formula is C24H17BrN4O4S2. The van der Waals surface area contributed by atoms with Gasteiger partial charge in [0.2, 0.25) is 5.91 Å². The minimum atomic E-state index is -0.411. The van der Waals surface area contributed by atoms with Crippen LogP contribution < -0.4 is 10.9 Å². The quantitative estimate of drug-likeness (QED) is 0.278. The number of rotatable bonds is 6. The number of ether oxygens (including phenoxy) is 1. The van der Waals surface area contributed by atoms with Gasteiger partial charge in [-0.25, -0.2) is 14.8 Å². The number of nitrogens with one attached hydrogen (secondary N) is 1. The van der Waals surface area contributed by atoms with E-state index in [4.69, 9.17) is 4.74 Å². The van der Waals surface area contributed by atoms with E-state index in [1.807, 2.05) is 29.6 Å². The van der Waals surface area contributed by atoms with Crippen LogP contribution in [0, 0.1) is 0 Å². The molecule has 2 aromatic carbocycles. The van der Waals surface area contributed by atoms with Gasteiger partial charge in [-0.15, -0.1) is 11.3 Å². The summed E-state index contributed by atoms with van der Waals surface area (Å²) in [7, 11) is 0. The summed E-state index contributed by atoms with van der Waals surface area (Å²) in [6, 6.07) is 12.7. The molecule has 0 aliphatic rings. The van der Waals surface area contributed by atoms with Gasteiger partial charge in [-0.05, 0) is 42.8 Å². The summed E-state index contributed by atoms with van der Waals surface area (Å²) >= 11 is 6.05. The molecule has 5 rings (SSSR count). The highest BCUT2D eigenvalue weighted by Gasteiger charge is 2.16. The lowest BCUT2D eigenvalue weighted by molar-refractivity contribution is -0.116. The molecule has 5 aromatic rings. The van der Waals surface area contributed by atoms with Gasteiger partial charge in [0.15, 0.2) is 5.13 Å². The van der Waals surface area contributed by atoms with Crippen molar-refractivity contribution in [2.75, 3.05) is 11.9 Å². The van der Waals surface area contributed by atoms with Crippen LogP contribution in [0.2, 0.25) is 0 Å². The topological polar surface area (TPSA) is 103 Å². The Labute approximate surface area is 215 Å². The van der Waals surface area contributed by atoms with Crippen LogP contribution >= 0.6 is 38.6 Å². The number of benzene rings is 2. The summed E-state index contributed by atoms with van der Waals surface area (Å²) in [6.45, 7) is 1.83. The molecule has 1 amide bonds. The molecule has 3 aromatic heterocycles. The Kier molecular flexibility index (Phi) is 6.46. The molecule has 0 fully saturated rings. The fourth-order valence-corrected chi connectivity index (χ4v) is 5.65. The number of anilines is 1. The molecule has 1 N–H and O–H groups in total. The van der Waals surface area contributed by atoms with Gasteiger partial charge in [-0.1, -0.05) is 39.4 Å². The summed E-state index contributed by atoms with van der Waals surface area (Å²) in [5.41, 5.74) is 2.47. The lowest BCUT2D eigenvalue weighted by Gasteiger charge is -2.06. The van der Waals surface area contributed by atoms with Crippen molar-refractivity contribution in [3.8, 4) is 11.1 Å². The average molecular weight is 569 g/mol. The molecule has 3 heterocycles. The number of carbonyl (C=O) groups excluding carboxylic acids is 2. The second-order valence-corrected chi connectivity index (χ2v) is 10.3. The Hall–Kier alpha value is -3.41. The van der Waals surface area contributed by atoms with E-state index in [9.17, 15) is 14.4 Å². The van der Waals surface area contributed by atoms with Gasteiger partial charge in [0.05, 0.1) is 34.1 Å². The van der Waals surface area contributed by atoms with Crippen molar-refractivity contribution in [2.24, 2.45) is 0 Å². The zero-order valence-corrected chi connectivity index (χ0v) is 21.5. The number of hydrogen-bond acceptors (Lipinski definition) is 8. The molecule has 35 heavy (non-hydrogen) atoms. The van der Waals surface area contributed by atoms with E-state index in [2.05, 4.69) is 31.2 Å². The predicted molar refractivity (Wildman–Crippen MR) is 141 cm³/mol. The number of thiophene rings is 1. The molecule has 8 nitrogen and oxygen atoms in total. The van der Waals surface area contributed by atoms with Crippen LogP contribution in [-0.4, -0.2) is 33.0 Å². The first-order valence-corrected chi connectivity index (χ1v) is 13.0. The first-order valence-electron chi connectivity index (χ1n) is 10.5. The molecule has 0 atom stereocenters. The molecule has 0 unspecified atom stereocenters. The number of carbonyl (C=O) groups is 2. The third-order valence-electron chi connectivity index (χ3n) is 5.18. The highest BCUT2D eigenvalue weighted by molar-refractivity contribution is 9.10. The number of aromatic nitrogens is 3. The van der Waals surface area contributed by atoms with E-state index in [0.29, 0.717) is 26.4 Å². The highest BCUT2D eigenvalue weighted by atomic mass is 79.9. The van der Waals surface area contributed by atoms with Crippen LogP contribution in [0.15, 0.2) is 63.4 Å². The molecule has 0 aliphatic heterocycles. The SMILES string of the molecule is CCOC(=O)c1ccc2nc(NC(=O)Cn3cnc4scc(-c5ccc(Br)cc5)c4c3=O)sc2c1. The second-order valence-electron chi connectivity index (χ2n) is 7.48. The molecule has 0 radical (unpaired) electrons. The third-order valence-corrected chi connectivity index (χ3v) is 7.52. The van der Waals surface area contributed by atoms with Crippen molar-refractivity contribution in [2.45, 2.75) is 13.5 Å². The van der Waals surface area contributed by atoms with E-state index in [-0.39, 0.29) is 18.7 Å². The van der Waals surface area contributed by atoms with Crippen molar-refractivity contribution in [3.05, 3.63) is 74.6 Å². The number of thiazole rings is 1. The number of esters is 1. The van der Waals surface area contributed by atoms with Crippen LogP contribution in [0.3, 0.4) is 0 Å². The first kappa shape index (κ1) is 23.3. The fraction of sp³-hybridized carbons (Fsp3) is 0.125. The third kappa shape index (κ3) is 4.75. The summed E-state index contributed by atoms with van der Waals surface area (Å²) < 4.78 is 8.00. The van der Waals surface area contributed by atoms with Crippen molar-refractivity contribution < 1.29 is 14.3 Å². The Bertz CT molecular complexity index is 1640. The van der Waals surface area contributed by atoms with Crippen molar-refractivity contribution in [3.63, 3.8) is 0 Å². The molecule has 0 aliphatic carbocycles. The largest absolute Gasteiger partial charge is 0.462 e. The molecule has 0 spiro atoms. The summed E-state index contributed by atoms with van der Waals surface area (Å²) in [5, 5.41) is 5.50. The van der Waals surface area contributed by atoms with Gasteiger partial charge in [-0.3, -0.25) is 14.2 Å². The lowest BCUT2D eigenvalue weighted by Crippen LogP contribution is -2.27. The van der Waals surface area contributed by atoms with E-state index in [0.717, 1.165) is 20.3 Å². The van der Waals surface area contributed by atoms with Crippen LogP contribution in [0.4, 0.5) is 5.13 Å². The molecular weight excluding hydrogens is 552 g/mol. The maximum atomic E-state index is 13.2. The Morgan fingerprint density at radius 2 is 1.97 bits per heavy atom. The monoisotopic (exact) mass is 568 g/mol.